The van der Waals surface area contributed by atoms with Crippen molar-refractivity contribution >= 4 is 17.2 Å². The lowest BCUT2D eigenvalue weighted by molar-refractivity contribution is 0.0933. The van der Waals surface area contributed by atoms with Gasteiger partial charge in [0.25, 0.3) is 5.91 Å². The molecule has 4 nitrogen and oxygen atoms in total. The number of hydrazine groups is 1. The predicted molar refractivity (Wildman–Crippen MR) is 43.4 cm³/mol. The molecule has 1 rings (SSSR count). The Morgan fingerprint density at radius 1 is 1.73 bits per heavy atom. The van der Waals surface area contributed by atoms with Gasteiger partial charge in [0.1, 0.15) is 5.69 Å². The highest BCUT2D eigenvalue weighted by atomic mass is 32.1. The van der Waals surface area contributed by atoms with Crippen LogP contribution in [0.5, 0.6) is 0 Å². The SMILES string of the molecule is CNNC(=O)c1ncsc1C. The van der Waals surface area contributed by atoms with Gasteiger partial charge in [-0.3, -0.25) is 10.2 Å². The number of hydrogen-bond donors (Lipinski definition) is 2. The first kappa shape index (κ1) is 8.16. The molecule has 2 N–H and O–H groups in total. The minimum absolute atomic E-state index is 0.189. The van der Waals surface area contributed by atoms with Gasteiger partial charge in [0.05, 0.1) is 5.51 Å². The molecule has 5 heteroatoms. The molecule has 1 heterocycles. The van der Waals surface area contributed by atoms with Gasteiger partial charge in [-0.15, -0.1) is 11.3 Å². The third kappa shape index (κ3) is 1.75. The fourth-order valence-electron chi connectivity index (χ4n) is 0.696. The Labute approximate surface area is 68.6 Å². The number of carbonyl (C=O) groups is 1. The van der Waals surface area contributed by atoms with Gasteiger partial charge in [0, 0.05) is 11.9 Å². The normalized spacial score (nSPS) is 9.64. The van der Waals surface area contributed by atoms with Crippen molar-refractivity contribution in [3.05, 3.63) is 16.1 Å². The van der Waals surface area contributed by atoms with E-state index in [-0.39, 0.29) is 5.91 Å². The van der Waals surface area contributed by atoms with E-state index in [2.05, 4.69) is 15.8 Å². The van der Waals surface area contributed by atoms with Crippen LogP contribution in [0.2, 0.25) is 0 Å². The summed E-state index contributed by atoms with van der Waals surface area (Å²) >= 11 is 1.46. The van der Waals surface area contributed by atoms with Gasteiger partial charge in [-0.25, -0.2) is 10.4 Å². The Morgan fingerprint density at radius 3 is 2.91 bits per heavy atom. The van der Waals surface area contributed by atoms with Gasteiger partial charge >= 0.3 is 0 Å². The summed E-state index contributed by atoms with van der Waals surface area (Å²) in [7, 11) is 1.64. The molecule has 0 atom stereocenters. The molecule has 0 saturated heterocycles. The Kier molecular flexibility index (Phi) is 2.56. The lowest BCUT2D eigenvalue weighted by atomic mass is 10.4. The number of rotatable bonds is 2. The van der Waals surface area contributed by atoms with Crippen LogP contribution in [0.3, 0.4) is 0 Å². The number of hydrogen-bond acceptors (Lipinski definition) is 4. The number of aryl methyl sites for hydroxylation is 1. The monoisotopic (exact) mass is 171 g/mol. The second kappa shape index (κ2) is 3.45. The van der Waals surface area contributed by atoms with Crippen molar-refractivity contribution in [3.63, 3.8) is 0 Å². The molecule has 1 aromatic heterocycles. The Morgan fingerprint density at radius 2 is 2.45 bits per heavy atom. The lowest BCUT2D eigenvalue weighted by Crippen LogP contribution is -2.34. The van der Waals surface area contributed by atoms with Crippen molar-refractivity contribution in [1.29, 1.82) is 0 Å². The van der Waals surface area contributed by atoms with Crippen molar-refractivity contribution in [3.8, 4) is 0 Å². The van der Waals surface area contributed by atoms with E-state index in [4.69, 9.17) is 0 Å². The summed E-state index contributed by atoms with van der Waals surface area (Å²) in [5.74, 6) is -0.189. The maximum atomic E-state index is 11.1. The maximum absolute atomic E-state index is 11.1. The van der Waals surface area contributed by atoms with E-state index in [0.717, 1.165) is 4.88 Å². The summed E-state index contributed by atoms with van der Waals surface area (Å²) in [6.07, 6.45) is 0. The molecule has 0 aliphatic heterocycles. The second-order valence-electron chi connectivity index (χ2n) is 1.96. The molecule has 0 saturated carbocycles. The minimum Gasteiger partial charge on any atom is -0.286 e. The van der Waals surface area contributed by atoms with Crippen LogP contribution < -0.4 is 10.9 Å². The van der Waals surface area contributed by atoms with Crippen LogP contribution in [0, 0.1) is 6.92 Å². The van der Waals surface area contributed by atoms with E-state index in [1.54, 1.807) is 12.6 Å². The highest BCUT2D eigenvalue weighted by Gasteiger charge is 2.09. The Hall–Kier alpha value is -0.940. The average molecular weight is 171 g/mol. The van der Waals surface area contributed by atoms with Crippen LogP contribution >= 0.6 is 11.3 Å². The summed E-state index contributed by atoms with van der Waals surface area (Å²) in [5, 5.41) is 0. The Bertz CT molecular complexity index is 258. The molecule has 1 aromatic rings. The van der Waals surface area contributed by atoms with E-state index >= 15 is 0 Å². The third-order valence-corrected chi connectivity index (χ3v) is 1.96. The molecular formula is C6H9N3OS. The van der Waals surface area contributed by atoms with E-state index in [0.29, 0.717) is 5.69 Å². The molecule has 1 amide bonds. The predicted octanol–water partition coefficient (Wildman–Crippen LogP) is 0.316. The number of nitrogens with one attached hydrogen (secondary N) is 2. The minimum atomic E-state index is -0.189. The van der Waals surface area contributed by atoms with Crippen molar-refractivity contribution in [2.45, 2.75) is 6.92 Å². The van der Waals surface area contributed by atoms with Crippen LogP contribution in [0.15, 0.2) is 5.51 Å². The zero-order valence-electron chi connectivity index (χ0n) is 6.34. The molecule has 0 radical (unpaired) electrons. The topological polar surface area (TPSA) is 54.0 Å². The van der Waals surface area contributed by atoms with E-state index in [1.165, 1.54) is 11.3 Å². The number of nitrogens with zero attached hydrogens (tertiary/aromatic N) is 1. The molecule has 0 bridgehead atoms. The van der Waals surface area contributed by atoms with Crippen LogP contribution in [0.4, 0.5) is 0 Å². The summed E-state index contributed by atoms with van der Waals surface area (Å²) in [4.78, 5) is 15.9. The van der Waals surface area contributed by atoms with Gasteiger partial charge in [-0.1, -0.05) is 0 Å². The van der Waals surface area contributed by atoms with Crippen molar-refractivity contribution in [1.82, 2.24) is 15.8 Å². The van der Waals surface area contributed by atoms with Gasteiger partial charge in [0.2, 0.25) is 0 Å². The van der Waals surface area contributed by atoms with Crippen molar-refractivity contribution in [2.75, 3.05) is 7.05 Å². The first-order valence-corrected chi connectivity index (χ1v) is 4.01. The van der Waals surface area contributed by atoms with E-state index in [1.807, 2.05) is 6.92 Å². The molecule has 0 aliphatic rings. The van der Waals surface area contributed by atoms with Crippen molar-refractivity contribution in [2.24, 2.45) is 0 Å². The standard InChI is InChI=1S/C6H9N3OS/c1-4-5(8-3-11-4)6(10)9-7-2/h3,7H,1-2H3,(H,9,10). The molecule has 0 aromatic carbocycles. The van der Waals surface area contributed by atoms with E-state index < -0.39 is 0 Å². The molecule has 11 heavy (non-hydrogen) atoms. The van der Waals surface area contributed by atoms with Gasteiger partial charge < -0.3 is 0 Å². The van der Waals surface area contributed by atoms with Crippen LogP contribution in [-0.2, 0) is 0 Å². The Balaban J connectivity index is 2.76. The third-order valence-electron chi connectivity index (χ3n) is 1.20. The van der Waals surface area contributed by atoms with Crippen molar-refractivity contribution < 1.29 is 4.79 Å². The molecule has 60 valence electrons. The quantitative estimate of drug-likeness (QED) is 0.630. The summed E-state index contributed by atoms with van der Waals surface area (Å²) in [5.41, 5.74) is 7.13. The van der Waals surface area contributed by atoms with Gasteiger partial charge in [-0.2, -0.15) is 0 Å². The fourth-order valence-corrected chi connectivity index (χ4v) is 1.27. The van der Waals surface area contributed by atoms with E-state index in [9.17, 15) is 4.79 Å². The molecule has 0 fully saturated rings. The summed E-state index contributed by atoms with van der Waals surface area (Å²) < 4.78 is 0. The summed E-state index contributed by atoms with van der Waals surface area (Å²) in [6, 6.07) is 0. The number of aromatic nitrogens is 1. The first-order valence-electron chi connectivity index (χ1n) is 3.13. The average Bonchev–Trinajstić information content (AvgIpc) is 2.36. The van der Waals surface area contributed by atoms with Crippen LogP contribution in [0.1, 0.15) is 15.4 Å². The van der Waals surface area contributed by atoms with Gasteiger partial charge in [-0.05, 0) is 6.92 Å². The zero-order valence-corrected chi connectivity index (χ0v) is 7.16. The zero-order chi connectivity index (χ0) is 8.27. The summed E-state index contributed by atoms with van der Waals surface area (Å²) in [6.45, 7) is 1.86. The van der Waals surface area contributed by atoms with Gasteiger partial charge in [0.15, 0.2) is 0 Å². The molecule has 0 unspecified atom stereocenters. The molecular weight excluding hydrogens is 162 g/mol. The second-order valence-corrected chi connectivity index (χ2v) is 3.02. The van der Waals surface area contributed by atoms with Crippen LogP contribution in [-0.4, -0.2) is 17.9 Å². The lowest BCUT2D eigenvalue weighted by Gasteiger charge is -1.99. The fraction of sp³-hybridized carbons (Fsp3) is 0.333. The number of thiazole rings is 1. The molecule has 0 aliphatic carbocycles. The highest BCUT2D eigenvalue weighted by molar-refractivity contribution is 7.09. The largest absolute Gasteiger partial charge is 0.286 e. The smallest absolute Gasteiger partial charge is 0.285 e. The maximum Gasteiger partial charge on any atom is 0.285 e. The molecule has 0 spiro atoms. The number of carbonyl (C=O) groups excluding carboxylic acids is 1. The first-order chi connectivity index (χ1) is 5.25. The highest BCUT2D eigenvalue weighted by Crippen LogP contribution is 2.09. The van der Waals surface area contributed by atoms with Crippen LogP contribution in [0.25, 0.3) is 0 Å². The number of amides is 1.